The molecule has 1 heterocycles. The smallest absolute Gasteiger partial charge is 0.124 e. The minimum Gasteiger partial charge on any atom is -0.496 e. The van der Waals surface area contributed by atoms with Crippen LogP contribution >= 0.6 is 0 Å². The molecule has 3 heteroatoms. The molecule has 2 aromatic carbocycles. The maximum atomic E-state index is 11.0. The molecule has 2 aromatic rings. The lowest BCUT2D eigenvalue weighted by Crippen LogP contribution is -2.42. The van der Waals surface area contributed by atoms with Crippen molar-refractivity contribution in [1.29, 1.82) is 0 Å². The molecule has 0 unspecified atom stereocenters. The molecule has 1 aliphatic heterocycles. The van der Waals surface area contributed by atoms with Gasteiger partial charge in [-0.05, 0) is 31.0 Å². The van der Waals surface area contributed by atoms with Crippen molar-refractivity contribution in [1.82, 2.24) is 0 Å². The molecule has 1 N–H and O–H groups in total. The van der Waals surface area contributed by atoms with Gasteiger partial charge in [-0.15, -0.1) is 0 Å². The molecule has 0 atom stereocenters. The molecule has 0 bridgehead atoms. The van der Waals surface area contributed by atoms with Crippen LogP contribution in [0.25, 0.3) is 0 Å². The quantitative estimate of drug-likeness (QED) is 0.939. The van der Waals surface area contributed by atoms with Gasteiger partial charge in [-0.3, -0.25) is 0 Å². The highest BCUT2D eigenvalue weighted by molar-refractivity contribution is 5.47. The van der Waals surface area contributed by atoms with Gasteiger partial charge in [0.25, 0.3) is 0 Å². The van der Waals surface area contributed by atoms with Crippen LogP contribution in [-0.4, -0.2) is 25.3 Å². The molecule has 3 rings (SSSR count). The highest BCUT2D eigenvalue weighted by atomic mass is 16.5. The maximum Gasteiger partial charge on any atom is 0.124 e. The molecule has 1 aliphatic rings. The fraction of sp³-hybridized carbons (Fsp3) is 0.333. The van der Waals surface area contributed by atoms with Crippen LogP contribution in [0, 0.1) is 0 Å². The van der Waals surface area contributed by atoms with E-state index in [1.807, 2.05) is 30.3 Å². The zero-order valence-electron chi connectivity index (χ0n) is 12.3. The predicted octanol–water partition coefficient (Wildman–Crippen LogP) is 3.18. The Hall–Kier alpha value is -2.00. The molecular weight excluding hydrogens is 262 g/mol. The first-order valence-electron chi connectivity index (χ1n) is 7.39. The normalized spacial score (nSPS) is 17.5. The van der Waals surface area contributed by atoms with Gasteiger partial charge < -0.3 is 14.7 Å². The fourth-order valence-electron chi connectivity index (χ4n) is 3.07. The topological polar surface area (TPSA) is 32.7 Å². The number of anilines is 1. The van der Waals surface area contributed by atoms with Gasteiger partial charge in [-0.1, -0.05) is 36.4 Å². The summed E-state index contributed by atoms with van der Waals surface area (Å²) in [6.07, 6.45) is 1.42. The average molecular weight is 283 g/mol. The van der Waals surface area contributed by atoms with E-state index >= 15 is 0 Å². The standard InChI is InChI=1S/C18H21NO2/c1-21-17-10-6-5-9-16(17)18(20)11-13-19(14-12-18)15-7-3-2-4-8-15/h2-10,20H,11-14H2,1H3. The lowest BCUT2D eigenvalue weighted by atomic mass is 9.83. The van der Waals surface area contributed by atoms with E-state index in [1.54, 1.807) is 7.11 Å². The van der Waals surface area contributed by atoms with Gasteiger partial charge in [0.15, 0.2) is 0 Å². The lowest BCUT2D eigenvalue weighted by Gasteiger charge is -2.40. The summed E-state index contributed by atoms with van der Waals surface area (Å²) in [4.78, 5) is 2.32. The Bertz CT molecular complexity index is 589. The Morgan fingerprint density at radius 3 is 2.24 bits per heavy atom. The Morgan fingerprint density at radius 2 is 1.57 bits per heavy atom. The van der Waals surface area contributed by atoms with Crippen molar-refractivity contribution in [2.45, 2.75) is 18.4 Å². The van der Waals surface area contributed by atoms with Crippen LogP contribution in [0.3, 0.4) is 0 Å². The number of rotatable bonds is 3. The number of hydrogen-bond acceptors (Lipinski definition) is 3. The first kappa shape index (κ1) is 14.0. The fourth-order valence-corrected chi connectivity index (χ4v) is 3.07. The number of piperidine rings is 1. The van der Waals surface area contributed by atoms with E-state index in [2.05, 4.69) is 29.2 Å². The van der Waals surface area contributed by atoms with Crippen LogP contribution < -0.4 is 9.64 Å². The third-order valence-corrected chi connectivity index (χ3v) is 4.32. The number of ether oxygens (including phenoxy) is 1. The first-order valence-corrected chi connectivity index (χ1v) is 7.39. The van der Waals surface area contributed by atoms with Crippen molar-refractivity contribution < 1.29 is 9.84 Å². The van der Waals surface area contributed by atoms with E-state index in [0.29, 0.717) is 12.8 Å². The second-order valence-electron chi connectivity index (χ2n) is 5.55. The van der Waals surface area contributed by atoms with E-state index in [0.717, 1.165) is 24.4 Å². The zero-order valence-corrected chi connectivity index (χ0v) is 12.3. The van der Waals surface area contributed by atoms with Crippen LogP contribution in [-0.2, 0) is 5.60 Å². The van der Waals surface area contributed by atoms with Crippen molar-refractivity contribution in [3.63, 3.8) is 0 Å². The van der Waals surface area contributed by atoms with Crippen LogP contribution in [0.5, 0.6) is 5.75 Å². The summed E-state index contributed by atoms with van der Waals surface area (Å²) in [5, 5.41) is 11.0. The van der Waals surface area contributed by atoms with E-state index < -0.39 is 5.60 Å². The van der Waals surface area contributed by atoms with Crippen LogP contribution in [0.15, 0.2) is 54.6 Å². The van der Waals surface area contributed by atoms with Gasteiger partial charge in [-0.25, -0.2) is 0 Å². The third kappa shape index (κ3) is 2.74. The molecular formula is C18H21NO2. The molecule has 3 nitrogen and oxygen atoms in total. The van der Waals surface area contributed by atoms with Gasteiger partial charge in [0.2, 0.25) is 0 Å². The first-order chi connectivity index (χ1) is 10.2. The second-order valence-corrected chi connectivity index (χ2v) is 5.55. The molecule has 1 saturated heterocycles. The number of methoxy groups -OCH3 is 1. The molecule has 0 aromatic heterocycles. The second kappa shape index (κ2) is 5.78. The number of para-hydroxylation sites is 2. The third-order valence-electron chi connectivity index (χ3n) is 4.32. The minimum atomic E-state index is -0.794. The van der Waals surface area contributed by atoms with Crippen LogP contribution in [0.2, 0.25) is 0 Å². The van der Waals surface area contributed by atoms with E-state index in [-0.39, 0.29) is 0 Å². The zero-order chi connectivity index (χ0) is 14.7. The van der Waals surface area contributed by atoms with Gasteiger partial charge in [0.1, 0.15) is 5.75 Å². The number of aliphatic hydroxyl groups is 1. The van der Waals surface area contributed by atoms with E-state index in [4.69, 9.17) is 4.74 Å². The Kier molecular flexibility index (Phi) is 3.84. The monoisotopic (exact) mass is 283 g/mol. The van der Waals surface area contributed by atoms with Gasteiger partial charge in [0, 0.05) is 24.3 Å². The summed E-state index contributed by atoms with van der Waals surface area (Å²) >= 11 is 0. The summed E-state index contributed by atoms with van der Waals surface area (Å²) in [7, 11) is 1.65. The highest BCUT2D eigenvalue weighted by Gasteiger charge is 2.36. The Morgan fingerprint density at radius 1 is 0.952 bits per heavy atom. The van der Waals surface area contributed by atoms with E-state index in [1.165, 1.54) is 5.69 Å². The molecule has 110 valence electrons. The average Bonchev–Trinajstić information content (AvgIpc) is 2.56. The molecule has 0 amide bonds. The van der Waals surface area contributed by atoms with Crippen LogP contribution in [0.4, 0.5) is 5.69 Å². The van der Waals surface area contributed by atoms with Gasteiger partial charge in [0.05, 0.1) is 12.7 Å². The largest absolute Gasteiger partial charge is 0.496 e. The minimum absolute atomic E-state index is 0.711. The SMILES string of the molecule is COc1ccccc1C1(O)CCN(c2ccccc2)CC1. The van der Waals surface area contributed by atoms with E-state index in [9.17, 15) is 5.11 Å². The summed E-state index contributed by atoms with van der Waals surface area (Å²) in [6, 6.07) is 18.1. The van der Waals surface area contributed by atoms with Crippen molar-refractivity contribution >= 4 is 5.69 Å². The summed E-state index contributed by atoms with van der Waals surface area (Å²) in [5.41, 5.74) is 1.33. The number of benzene rings is 2. The molecule has 1 fully saturated rings. The molecule has 0 spiro atoms. The van der Waals surface area contributed by atoms with Crippen LogP contribution in [0.1, 0.15) is 18.4 Å². The molecule has 0 radical (unpaired) electrons. The number of hydrogen-bond donors (Lipinski definition) is 1. The van der Waals surface area contributed by atoms with Gasteiger partial charge >= 0.3 is 0 Å². The van der Waals surface area contributed by atoms with Crippen molar-refractivity contribution in [2.75, 3.05) is 25.1 Å². The molecule has 0 aliphatic carbocycles. The molecule has 21 heavy (non-hydrogen) atoms. The van der Waals surface area contributed by atoms with Crippen molar-refractivity contribution in [3.8, 4) is 5.75 Å². The summed E-state index contributed by atoms with van der Waals surface area (Å²) < 4.78 is 5.40. The predicted molar refractivity (Wildman–Crippen MR) is 84.8 cm³/mol. The summed E-state index contributed by atoms with van der Waals surface area (Å²) in [5.74, 6) is 0.771. The Balaban J connectivity index is 1.78. The van der Waals surface area contributed by atoms with Gasteiger partial charge in [-0.2, -0.15) is 0 Å². The maximum absolute atomic E-state index is 11.0. The lowest BCUT2D eigenvalue weighted by molar-refractivity contribution is 0.00967. The number of nitrogens with zero attached hydrogens (tertiary/aromatic N) is 1. The van der Waals surface area contributed by atoms with Crippen molar-refractivity contribution in [2.24, 2.45) is 0 Å². The summed E-state index contributed by atoms with van der Waals surface area (Å²) in [6.45, 7) is 1.69. The van der Waals surface area contributed by atoms with Crippen molar-refractivity contribution in [3.05, 3.63) is 60.2 Å². The molecule has 0 saturated carbocycles. The Labute approximate surface area is 125 Å². The highest BCUT2D eigenvalue weighted by Crippen LogP contribution is 2.38.